The molecule has 0 saturated carbocycles. The molecule has 9 heteroatoms. The van der Waals surface area contributed by atoms with E-state index in [0.29, 0.717) is 31.4 Å². The molecule has 2 N–H and O–H groups in total. The van der Waals surface area contributed by atoms with Crippen molar-refractivity contribution >= 4 is 21.6 Å². The van der Waals surface area contributed by atoms with E-state index in [1.807, 2.05) is 0 Å². The molecule has 0 aliphatic carbocycles. The van der Waals surface area contributed by atoms with Gasteiger partial charge in [0.15, 0.2) is 11.6 Å². The minimum Gasteiger partial charge on any atom is -0.393 e. The number of aryl methyl sites for hydroxylation is 1. The molecule has 1 unspecified atom stereocenters. The molecule has 0 bridgehead atoms. The number of benzene rings is 2. The van der Waals surface area contributed by atoms with Crippen LogP contribution in [-0.4, -0.2) is 42.9 Å². The van der Waals surface area contributed by atoms with Gasteiger partial charge in [0.25, 0.3) is 5.91 Å². The summed E-state index contributed by atoms with van der Waals surface area (Å²) in [6.45, 7) is 2.13. The van der Waals surface area contributed by atoms with Gasteiger partial charge in [-0.15, -0.1) is 0 Å². The summed E-state index contributed by atoms with van der Waals surface area (Å²) in [7, 11) is -3.85. The van der Waals surface area contributed by atoms with Gasteiger partial charge in [-0.05, 0) is 56.0 Å². The molecule has 0 radical (unpaired) electrons. The summed E-state index contributed by atoms with van der Waals surface area (Å²) in [5.41, 5.74) is 0.619. The lowest BCUT2D eigenvalue weighted by molar-refractivity contribution is 0.102. The molecule has 1 aliphatic rings. The number of sulfonamides is 1. The molecule has 1 heterocycles. The Morgan fingerprint density at radius 3 is 2.59 bits per heavy atom. The van der Waals surface area contributed by atoms with Crippen molar-refractivity contribution in [3.05, 3.63) is 59.2 Å². The molecular weight excluding hydrogens is 402 g/mol. The fourth-order valence-electron chi connectivity index (χ4n) is 3.23. The first-order valence-corrected chi connectivity index (χ1v) is 10.7. The van der Waals surface area contributed by atoms with Crippen LogP contribution in [0.5, 0.6) is 0 Å². The number of aliphatic hydroxyl groups is 1. The lowest BCUT2D eigenvalue weighted by Crippen LogP contribution is -2.33. The normalized spacial score (nSPS) is 18.3. The topological polar surface area (TPSA) is 86.7 Å². The van der Waals surface area contributed by atoms with Crippen LogP contribution in [-0.2, 0) is 10.0 Å². The fourth-order valence-corrected chi connectivity index (χ4v) is 4.97. The Balaban J connectivity index is 1.86. The number of amides is 1. The summed E-state index contributed by atoms with van der Waals surface area (Å²) < 4.78 is 53.9. The van der Waals surface area contributed by atoms with Crippen LogP contribution in [0.2, 0.25) is 0 Å². The maximum Gasteiger partial charge on any atom is 0.255 e. The van der Waals surface area contributed by atoms with Crippen molar-refractivity contribution in [2.24, 2.45) is 0 Å². The third-order valence-electron chi connectivity index (χ3n) is 4.90. The summed E-state index contributed by atoms with van der Waals surface area (Å²) in [6.07, 6.45) is 0.927. The summed E-state index contributed by atoms with van der Waals surface area (Å²) >= 11 is 0. The minimum absolute atomic E-state index is 0.00632. The van der Waals surface area contributed by atoms with E-state index in [9.17, 15) is 27.1 Å². The first kappa shape index (κ1) is 21.4. The first-order chi connectivity index (χ1) is 13.7. The Morgan fingerprint density at radius 2 is 1.86 bits per heavy atom. The van der Waals surface area contributed by atoms with Gasteiger partial charge in [-0.1, -0.05) is 6.07 Å². The number of carbonyl (C=O) groups is 1. The quantitative estimate of drug-likeness (QED) is 0.790. The van der Waals surface area contributed by atoms with Crippen molar-refractivity contribution in [2.45, 2.75) is 37.2 Å². The molecule has 2 aromatic carbocycles. The molecule has 29 heavy (non-hydrogen) atoms. The number of nitrogens with one attached hydrogen (secondary N) is 1. The van der Waals surface area contributed by atoms with Crippen LogP contribution in [0.25, 0.3) is 0 Å². The second-order valence-corrected chi connectivity index (χ2v) is 8.96. The molecule has 1 amide bonds. The van der Waals surface area contributed by atoms with E-state index in [1.54, 1.807) is 6.92 Å². The van der Waals surface area contributed by atoms with Gasteiger partial charge in [-0.2, -0.15) is 4.31 Å². The summed E-state index contributed by atoms with van der Waals surface area (Å²) in [5.74, 6) is -2.77. The molecule has 1 aliphatic heterocycles. The van der Waals surface area contributed by atoms with E-state index in [2.05, 4.69) is 5.32 Å². The Hall–Kier alpha value is -2.36. The summed E-state index contributed by atoms with van der Waals surface area (Å²) in [5, 5.41) is 12.2. The van der Waals surface area contributed by atoms with Gasteiger partial charge in [-0.25, -0.2) is 17.2 Å². The predicted molar refractivity (Wildman–Crippen MR) is 104 cm³/mol. The van der Waals surface area contributed by atoms with E-state index in [0.717, 1.165) is 12.1 Å². The standard InChI is InChI=1S/C20H22F2N2O4S/c1-13-4-5-14(20(26)23-15-6-7-17(21)18(22)12-15)11-19(13)29(27,28)24-9-2-3-16(25)8-10-24/h4-7,11-12,16,25H,2-3,8-10H2,1H3,(H,23,26). The smallest absolute Gasteiger partial charge is 0.255 e. The van der Waals surface area contributed by atoms with E-state index in [4.69, 9.17) is 0 Å². The maximum atomic E-state index is 13.3. The Morgan fingerprint density at radius 1 is 1.10 bits per heavy atom. The van der Waals surface area contributed by atoms with E-state index < -0.39 is 33.7 Å². The number of aliphatic hydroxyl groups excluding tert-OH is 1. The fraction of sp³-hybridized carbons (Fsp3) is 0.350. The van der Waals surface area contributed by atoms with Crippen LogP contribution in [0.4, 0.5) is 14.5 Å². The van der Waals surface area contributed by atoms with Crippen molar-refractivity contribution < 1.29 is 27.1 Å². The highest BCUT2D eigenvalue weighted by molar-refractivity contribution is 7.89. The van der Waals surface area contributed by atoms with Crippen molar-refractivity contribution in [1.82, 2.24) is 4.31 Å². The predicted octanol–water partition coefficient (Wildman–Crippen LogP) is 3.06. The zero-order chi connectivity index (χ0) is 21.2. The number of hydrogen-bond donors (Lipinski definition) is 2. The molecule has 0 spiro atoms. The first-order valence-electron chi connectivity index (χ1n) is 9.24. The Bertz CT molecular complexity index is 1030. The molecule has 6 nitrogen and oxygen atoms in total. The van der Waals surface area contributed by atoms with Crippen LogP contribution in [0.15, 0.2) is 41.3 Å². The minimum atomic E-state index is -3.85. The van der Waals surface area contributed by atoms with Gasteiger partial charge in [0, 0.05) is 30.4 Å². The third-order valence-corrected chi connectivity index (χ3v) is 6.94. The number of nitrogens with zero attached hydrogens (tertiary/aromatic N) is 1. The second-order valence-electron chi connectivity index (χ2n) is 7.05. The molecule has 1 saturated heterocycles. The lowest BCUT2D eigenvalue weighted by atomic mass is 10.1. The molecule has 1 fully saturated rings. The highest BCUT2D eigenvalue weighted by Gasteiger charge is 2.29. The van der Waals surface area contributed by atoms with Gasteiger partial charge in [-0.3, -0.25) is 4.79 Å². The third kappa shape index (κ3) is 4.80. The van der Waals surface area contributed by atoms with Crippen LogP contribution < -0.4 is 5.32 Å². The molecule has 156 valence electrons. The molecule has 0 aromatic heterocycles. The van der Waals surface area contributed by atoms with E-state index in [1.165, 1.54) is 28.6 Å². The van der Waals surface area contributed by atoms with Crippen LogP contribution in [0.3, 0.4) is 0 Å². The Kier molecular flexibility index (Phi) is 6.30. The molecule has 3 rings (SSSR count). The number of carbonyl (C=O) groups excluding carboxylic acids is 1. The lowest BCUT2D eigenvalue weighted by Gasteiger charge is -2.21. The SMILES string of the molecule is Cc1ccc(C(=O)Nc2ccc(F)c(F)c2)cc1S(=O)(=O)N1CCCC(O)CC1. The summed E-state index contributed by atoms with van der Waals surface area (Å²) in [6, 6.07) is 7.23. The Labute approximate surface area is 168 Å². The van der Waals surface area contributed by atoms with Gasteiger partial charge in [0.1, 0.15) is 0 Å². The monoisotopic (exact) mass is 424 g/mol. The van der Waals surface area contributed by atoms with Crippen LogP contribution in [0, 0.1) is 18.6 Å². The average Bonchev–Trinajstić information content (AvgIpc) is 2.90. The van der Waals surface area contributed by atoms with Gasteiger partial charge in [0.05, 0.1) is 11.0 Å². The van der Waals surface area contributed by atoms with Crippen LogP contribution >= 0.6 is 0 Å². The highest BCUT2D eigenvalue weighted by atomic mass is 32.2. The highest BCUT2D eigenvalue weighted by Crippen LogP contribution is 2.25. The van der Waals surface area contributed by atoms with Crippen molar-refractivity contribution in [2.75, 3.05) is 18.4 Å². The maximum absolute atomic E-state index is 13.3. The number of rotatable bonds is 4. The van der Waals surface area contributed by atoms with Gasteiger partial charge in [0.2, 0.25) is 10.0 Å². The van der Waals surface area contributed by atoms with Gasteiger partial charge >= 0.3 is 0 Å². The molecule has 1 atom stereocenters. The van der Waals surface area contributed by atoms with Crippen LogP contribution in [0.1, 0.15) is 35.2 Å². The zero-order valence-corrected chi connectivity index (χ0v) is 16.7. The number of halogens is 2. The van der Waals surface area contributed by atoms with Crippen molar-refractivity contribution in [3.63, 3.8) is 0 Å². The largest absolute Gasteiger partial charge is 0.393 e. The average molecular weight is 424 g/mol. The molecular formula is C20H22F2N2O4S. The van der Waals surface area contributed by atoms with Crippen molar-refractivity contribution in [1.29, 1.82) is 0 Å². The molecule has 2 aromatic rings. The van der Waals surface area contributed by atoms with Gasteiger partial charge < -0.3 is 10.4 Å². The van der Waals surface area contributed by atoms with E-state index >= 15 is 0 Å². The zero-order valence-electron chi connectivity index (χ0n) is 15.9. The number of anilines is 1. The second kappa shape index (κ2) is 8.56. The van der Waals surface area contributed by atoms with E-state index in [-0.39, 0.29) is 22.7 Å². The number of hydrogen-bond acceptors (Lipinski definition) is 4. The summed E-state index contributed by atoms with van der Waals surface area (Å²) in [4.78, 5) is 12.5. The van der Waals surface area contributed by atoms with Crippen molar-refractivity contribution in [3.8, 4) is 0 Å².